The van der Waals surface area contributed by atoms with Gasteiger partial charge in [0.15, 0.2) is 5.75 Å². The van der Waals surface area contributed by atoms with Gasteiger partial charge in [-0.2, -0.15) is 8.78 Å². The van der Waals surface area contributed by atoms with Crippen LogP contribution in [0.3, 0.4) is 0 Å². The van der Waals surface area contributed by atoms with E-state index < -0.39 is 34.8 Å². The fourth-order valence-corrected chi connectivity index (χ4v) is 1.22. The number of para-hydroxylation sites is 1. The highest BCUT2D eigenvalue weighted by atomic mass is 19.2. The topological polar surface area (TPSA) is 18.5 Å². The van der Waals surface area contributed by atoms with E-state index in [1.54, 1.807) is 6.07 Å². The summed E-state index contributed by atoms with van der Waals surface area (Å²) in [4.78, 5) is 8.64. The quantitative estimate of drug-likeness (QED) is 0.279. The van der Waals surface area contributed by atoms with Crippen molar-refractivity contribution in [2.75, 3.05) is 0 Å². The van der Waals surface area contributed by atoms with E-state index in [9.17, 15) is 22.0 Å². The molecule has 0 unspecified atom stereocenters. The summed E-state index contributed by atoms with van der Waals surface area (Å²) in [5.41, 5.74) is 0. The van der Waals surface area contributed by atoms with Gasteiger partial charge >= 0.3 is 0 Å². The normalized spacial score (nSPS) is 10.4. The second kappa shape index (κ2) is 5.13. The summed E-state index contributed by atoms with van der Waals surface area (Å²) < 4.78 is 64.8. The van der Waals surface area contributed by atoms with Crippen molar-refractivity contribution in [3.05, 3.63) is 59.4 Å². The van der Waals surface area contributed by atoms with Crippen LogP contribution >= 0.6 is 0 Å². The van der Waals surface area contributed by atoms with Crippen molar-refractivity contribution in [2.45, 2.75) is 0 Å². The Hall–Kier alpha value is -2.31. The molecule has 0 N–H and O–H groups in total. The molecule has 2 nitrogen and oxygen atoms in total. The summed E-state index contributed by atoms with van der Waals surface area (Å²) in [5.74, 6) is -12.1. The summed E-state index contributed by atoms with van der Waals surface area (Å²) in [5, 5.41) is 0. The van der Waals surface area contributed by atoms with Gasteiger partial charge in [0.1, 0.15) is 0 Å². The van der Waals surface area contributed by atoms with Crippen LogP contribution in [0.1, 0.15) is 0 Å². The van der Waals surface area contributed by atoms with Gasteiger partial charge in [-0.1, -0.05) is 18.2 Å². The lowest BCUT2D eigenvalue weighted by atomic mass is 10.3. The van der Waals surface area contributed by atoms with E-state index in [1.165, 1.54) is 24.3 Å². The van der Waals surface area contributed by atoms with Crippen LogP contribution in [0.2, 0.25) is 0 Å². The predicted octanol–water partition coefficient (Wildman–Crippen LogP) is 3.75. The Morgan fingerprint density at radius 1 is 0.579 bits per heavy atom. The Labute approximate surface area is 103 Å². The third-order valence-corrected chi connectivity index (χ3v) is 2.13. The molecule has 0 bridgehead atoms. The molecule has 0 saturated carbocycles. The van der Waals surface area contributed by atoms with Gasteiger partial charge in [0, 0.05) is 0 Å². The molecule has 0 spiro atoms. The fourth-order valence-electron chi connectivity index (χ4n) is 1.22. The molecule has 0 amide bonds. The number of halogens is 5. The van der Waals surface area contributed by atoms with Gasteiger partial charge in [-0.15, -0.1) is 0 Å². The van der Waals surface area contributed by atoms with Crippen molar-refractivity contribution in [3.8, 4) is 11.5 Å². The highest BCUT2D eigenvalue weighted by Crippen LogP contribution is 2.29. The lowest BCUT2D eigenvalue weighted by Crippen LogP contribution is -2.09. The molecule has 0 fully saturated rings. The first kappa shape index (κ1) is 13.1. The van der Waals surface area contributed by atoms with Gasteiger partial charge in [-0.3, -0.25) is 9.78 Å². The molecule has 2 rings (SSSR count). The van der Waals surface area contributed by atoms with Crippen LogP contribution in [0.25, 0.3) is 0 Å². The SMILES string of the molecule is Fc1c(F)c(F)c(OOc2ccccc2)c(F)c1F. The summed E-state index contributed by atoms with van der Waals surface area (Å²) in [7, 11) is 0. The highest BCUT2D eigenvalue weighted by Gasteiger charge is 2.28. The Balaban J connectivity index is 2.31. The average Bonchev–Trinajstić information content (AvgIpc) is 2.44. The molecule has 2 aromatic rings. The van der Waals surface area contributed by atoms with Gasteiger partial charge in [0.2, 0.25) is 29.1 Å². The van der Waals surface area contributed by atoms with Crippen LogP contribution in [0.4, 0.5) is 22.0 Å². The summed E-state index contributed by atoms with van der Waals surface area (Å²) in [6.07, 6.45) is 0. The molecular weight excluding hydrogens is 271 g/mol. The molecule has 0 atom stereocenters. The van der Waals surface area contributed by atoms with Gasteiger partial charge in [-0.25, -0.2) is 13.2 Å². The zero-order valence-corrected chi connectivity index (χ0v) is 9.09. The standard InChI is InChI=1S/C12H5F5O2/c13-7-8(14)10(16)12(11(17)9(7)15)19-18-6-4-2-1-3-5-6/h1-5H. The molecule has 100 valence electrons. The largest absolute Gasteiger partial charge is 0.290 e. The van der Waals surface area contributed by atoms with E-state index >= 15 is 0 Å². The summed E-state index contributed by atoms with van der Waals surface area (Å²) in [6, 6.07) is 7.41. The minimum atomic E-state index is -2.26. The maximum atomic E-state index is 13.2. The Morgan fingerprint density at radius 2 is 1.05 bits per heavy atom. The smallest absolute Gasteiger partial charge is 0.255 e. The maximum Gasteiger partial charge on any atom is 0.255 e. The predicted molar refractivity (Wildman–Crippen MR) is 53.9 cm³/mol. The molecule has 2 aromatic carbocycles. The first-order valence-corrected chi connectivity index (χ1v) is 4.93. The monoisotopic (exact) mass is 276 g/mol. The first-order valence-electron chi connectivity index (χ1n) is 4.93. The Morgan fingerprint density at radius 3 is 1.58 bits per heavy atom. The molecule has 7 heteroatoms. The van der Waals surface area contributed by atoms with E-state index in [2.05, 4.69) is 9.78 Å². The average molecular weight is 276 g/mol. The zero-order chi connectivity index (χ0) is 14.0. The molecular formula is C12H5F5O2. The molecule has 0 aliphatic heterocycles. The molecule has 0 aliphatic rings. The molecule has 0 saturated heterocycles. The van der Waals surface area contributed by atoms with Gasteiger partial charge in [0.05, 0.1) is 0 Å². The van der Waals surface area contributed by atoms with E-state index in [1.807, 2.05) is 0 Å². The van der Waals surface area contributed by atoms with E-state index in [4.69, 9.17) is 0 Å². The lowest BCUT2D eigenvalue weighted by molar-refractivity contribution is -0.107. The van der Waals surface area contributed by atoms with Crippen molar-refractivity contribution in [3.63, 3.8) is 0 Å². The fraction of sp³-hybridized carbons (Fsp3) is 0. The van der Waals surface area contributed by atoms with Gasteiger partial charge in [0.25, 0.3) is 5.75 Å². The minimum Gasteiger partial charge on any atom is -0.290 e. The van der Waals surface area contributed by atoms with Crippen molar-refractivity contribution in [2.24, 2.45) is 0 Å². The van der Waals surface area contributed by atoms with Gasteiger partial charge in [-0.05, 0) is 12.1 Å². The Kier molecular flexibility index (Phi) is 3.55. The molecule has 19 heavy (non-hydrogen) atoms. The van der Waals surface area contributed by atoms with Crippen LogP contribution < -0.4 is 9.78 Å². The molecule has 0 radical (unpaired) electrons. The Bertz CT molecular complexity index is 572. The molecule has 0 aromatic heterocycles. The van der Waals surface area contributed by atoms with E-state index in [0.29, 0.717) is 0 Å². The van der Waals surface area contributed by atoms with Crippen LogP contribution in [0, 0.1) is 29.1 Å². The molecule has 0 heterocycles. The third kappa shape index (κ3) is 2.44. The van der Waals surface area contributed by atoms with Crippen LogP contribution in [0.15, 0.2) is 30.3 Å². The second-order valence-electron chi connectivity index (χ2n) is 3.38. The lowest BCUT2D eigenvalue weighted by Gasteiger charge is -2.08. The van der Waals surface area contributed by atoms with Crippen LogP contribution in [-0.4, -0.2) is 0 Å². The molecule has 0 aliphatic carbocycles. The van der Waals surface area contributed by atoms with Crippen molar-refractivity contribution >= 4 is 0 Å². The van der Waals surface area contributed by atoms with Crippen molar-refractivity contribution in [1.82, 2.24) is 0 Å². The van der Waals surface area contributed by atoms with E-state index in [-0.39, 0.29) is 5.75 Å². The number of hydrogen-bond acceptors (Lipinski definition) is 2. The van der Waals surface area contributed by atoms with Gasteiger partial charge < -0.3 is 0 Å². The number of rotatable bonds is 3. The second-order valence-corrected chi connectivity index (χ2v) is 3.38. The summed E-state index contributed by atoms with van der Waals surface area (Å²) >= 11 is 0. The van der Waals surface area contributed by atoms with Crippen molar-refractivity contribution in [1.29, 1.82) is 0 Å². The third-order valence-electron chi connectivity index (χ3n) is 2.13. The van der Waals surface area contributed by atoms with Crippen LogP contribution in [-0.2, 0) is 0 Å². The summed E-state index contributed by atoms with van der Waals surface area (Å²) in [6.45, 7) is 0. The maximum absolute atomic E-state index is 13.2. The minimum absolute atomic E-state index is 0.0337. The first-order chi connectivity index (χ1) is 9.02. The zero-order valence-electron chi connectivity index (χ0n) is 9.09. The number of benzene rings is 2. The number of hydrogen-bond donors (Lipinski definition) is 0. The van der Waals surface area contributed by atoms with Crippen LogP contribution in [0.5, 0.6) is 11.5 Å². The highest BCUT2D eigenvalue weighted by molar-refractivity contribution is 5.30. The van der Waals surface area contributed by atoms with Crippen molar-refractivity contribution < 1.29 is 31.7 Å². The van der Waals surface area contributed by atoms with E-state index in [0.717, 1.165) is 0 Å².